The molecule has 11 heteroatoms. The molecule has 37 heavy (non-hydrogen) atoms. The molecule has 1 aliphatic rings. The summed E-state index contributed by atoms with van der Waals surface area (Å²) in [5, 5.41) is 18.3. The standard InChI is InChI=1S/C26H34N6O4S/c1-18-15-28-25(29-20-10-8-19(9-11-20)16-31-12-13-36-23(33)17-31)30-24(18)32(26(2,3)4)21-6-5-7-22(14-21)37(27,34)35/h5-11,14-15,23,33H,12-13,16-17H2,1-4H3,(H2,27,34,35)(H,28,29,30). The fourth-order valence-electron chi connectivity index (χ4n) is 4.25. The summed E-state index contributed by atoms with van der Waals surface area (Å²) in [6, 6.07) is 14.5. The van der Waals surface area contributed by atoms with Crippen LogP contribution < -0.4 is 15.4 Å². The zero-order chi connectivity index (χ0) is 26.8. The number of nitrogens with zero attached hydrogens (tertiary/aromatic N) is 4. The van der Waals surface area contributed by atoms with Crippen molar-refractivity contribution in [1.29, 1.82) is 0 Å². The first-order valence-corrected chi connectivity index (χ1v) is 13.6. The van der Waals surface area contributed by atoms with Crippen LogP contribution in [-0.4, -0.2) is 59.9 Å². The van der Waals surface area contributed by atoms with Crippen LogP contribution in [0.3, 0.4) is 0 Å². The van der Waals surface area contributed by atoms with Crippen LogP contribution in [0, 0.1) is 6.92 Å². The Kier molecular flexibility index (Phi) is 7.81. The van der Waals surface area contributed by atoms with E-state index in [9.17, 15) is 13.5 Å². The van der Waals surface area contributed by atoms with Gasteiger partial charge in [-0.3, -0.25) is 4.90 Å². The van der Waals surface area contributed by atoms with Gasteiger partial charge in [0.2, 0.25) is 16.0 Å². The predicted molar refractivity (Wildman–Crippen MR) is 143 cm³/mol. The van der Waals surface area contributed by atoms with Gasteiger partial charge in [-0.25, -0.2) is 18.5 Å². The monoisotopic (exact) mass is 526 g/mol. The highest BCUT2D eigenvalue weighted by molar-refractivity contribution is 7.89. The molecular weight excluding hydrogens is 492 g/mol. The number of aliphatic hydroxyl groups is 1. The molecule has 0 radical (unpaired) electrons. The van der Waals surface area contributed by atoms with Gasteiger partial charge in [-0.15, -0.1) is 0 Å². The third-order valence-electron chi connectivity index (χ3n) is 5.98. The lowest BCUT2D eigenvalue weighted by atomic mass is 10.0. The second-order valence-corrected chi connectivity index (χ2v) is 11.7. The molecule has 0 spiro atoms. The lowest BCUT2D eigenvalue weighted by Crippen LogP contribution is -2.41. The molecule has 1 saturated heterocycles. The fourth-order valence-corrected chi connectivity index (χ4v) is 4.81. The summed E-state index contributed by atoms with van der Waals surface area (Å²) in [6.07, 6.45) is 1.00. The summed E-state index contributed by atoms with van der Waals surface area (Å²) in [5.74, 6) is 1.07. The molecule has 0 saturated carbocycles. The lowest BCUT2D eigenvalue weighted by Gasteiger charge is -2.37. The van der Waals surface area contributed by atoms with Crippen molar-refractivity contribution in [3.8, 4) is 0 Å². The maximum atomic E-state index is 12.0. The van der Waals surface area contributed by atoms with Gasteiger partial charge in [0.15, 0.2) is 6.29 Å². The molecule has 1 aromatic heterocycles. The number of nitrogens with two attached hydrogens (primary N) is 1. The number of aliphatic hydroxyl groups excluding tert-OH is 1. The van der Waals surface area contributed by atoms with Crippen molar-refractivity contribution in [2.24, 2.45) is 5.14 Å². The van der Waals surface area contributed by atoms with E-state index in [4.69, 9.17) is 14.9 Å². The SMILES string of the molecule is Cc1cnc(Nc2ccc(CN3CCOC(O)C3)cc2)nc1N(c1cccc(S(N)(=O)=O)c1)C(C)(C)C. The second kappa shape index (κ2) is 10.7. The number of hydrogen-bond donors (Lipinski definition) is 3. The Morgan fingerprint density at radius 1 is 1.22 bits per heavy atom. The summed E-state index contributed by atoms with van der Waals surface area (Å²) in [6.45, 7) is 10.5. The Hall–Kier alpha value is -3.09. The molecule has 1 atom stereocenters. The van der Waals surface area contributed by atoms with Crippen molar-refractivity contribution >= 4 is 33.2 Å². The molecule has 4 rings (SSSR count). The maximum Gasteiger partial charge on any atom is 0.238 e. The minimum atomic E-state index is -3.85. The van der Waals surface area contributed by atoms with Crippen LogP contribution in [0.5, 0.6) is 0 Å². The highest BCUT2D eigenvalue weighted by Crippen LogP contribution is 2.35. The second-order valence-electron chi connectivity index (χ2n) is 10.1. The van der Waals surface area contributed by atoms with Crippen LogP contribution in [0.1, 0.15) is 31.9 Å². The molecule has 1 aliphatic heterocycles. The van der Waals surface area contributed by atoms with Gasteiger partial charge < -0.3 is 20.1 Å². The summed E-state index contributed by atoms with van der Waals surface area (Å²) >= 11 is 0. The zero-order valence-corrected chi connectivity index (χ0v) is 22.4. The van der Waals surface area contributed by atoms with Crippen molar-refractivity contribution in [2.45, 2.75) is 51.0 Å². The van der Waals surface area contributed by atoms with Gasteiger partial charge in [0.25, 0.3) is 0 Å². The average molecular weight is 527 g/mol. The number of ether oxygens (including phenoxy) is 1. The van der Waals surface area contributed by atoms with Gasteiger partial charge in [-0.2, -0.15) is 4.98 Å². The van der Waals surface area contributed by atoms with Crippen molar-refractivity contribution < 1.29 is 18.3 Å². The molecule has 0 amide bonds. The van der Waals surface area contributed by atoms with Crippen LogP contribution in [0.4, 0.5) is 23.1 Å². The molecule has 1 fully saturated rings. The number of sulfonamides is 1. The van der Waals surface area contributed by atoms with Crippen molar-refractivity contribution in [2.75, 3.05) is 29.9 Å². The van der Waals surface area contributed by atoms with Gasteiger partial charge in [0.1, 0.15) is 5.82 Å². The van der Waals surface area contributed by atoms with E-state index in [1.165, 1.54) is 6.07 Å². The molecule has 2 heterocycles. The predicted octanol–water partition coefficient (Wildman–Crippen LogP) is 3.26. The van der Waals surface area contributed by atoms with E-state index in [1.54, 1.807) is 18.3 Å². The Balaban J connectivity index is 1.58. The number of aryl methyl sites for hydroxylation is 1. The zero-order valence-electron chi connectivity index (χ0n) is 21.5. The Morgan fingerprint density at radius 2 is 1.95 bits per heavy atom. The van der Waals surface area contributed by atoms with Crippen LogP contribution in [0.25, 0.3) is 0 Å². The first-order valence-electron chi connectivity index (χ1n) is 12.0. The van der Waals surface area contributed by atoms with Gasteiger partial charge in [-0.1, -0.05) is 18.2 Å². The summed E-state index contributed by atoms with van der Waals surface area (Å²) < 4.78 is 29.1. The third-order valence-corrected chi connectivity index (χ3v) is 6.89. The van der Waals surface area contributed by atoms with Gasteiger partial charge >= 0.3 is 0 Å². The number of β-amino-alcohol motifs (C(OH)–C–C–N with tert-alkyl or cyclic N) is 1. The Bertz CT molecular complexity index is 1340. The van der Waals surface area contributed by atoms with Gasteiger partial charge in [0.05, 0.1) is 11.5 Å². The van der Waals surface area contributed by atoms with Crippen LogP contribution in [0.2, 0.25) is 0 Å². The molecule has 1 unspecified atom stereocenters. The largest absolute Gasteiger partial charge is 0.367 e. The average Bonchev–Trinajstić information content (AvgIpc) is 2.81. The first-order chi connectivity index (χ1) is 17.4. The molecule has 0 aliphatic carbocycles. The van der Waals surface area contributed by atoms with E-state index in [0.29, 0.717) is 30.6 Å². The van der Waals surface area contributed by atoms with Crippen molar-refractivity contribution in [3.05, 3.63) is 65.9 Å². The van der Waals surface area contributed by atoms with E-state index in [2.05, 4.69) is 15.2 Å². The fraction of sp³-hybridized carbons (Fsp3) is 0.385. The topological polar surface area (TPSA) is 134 Å². The lowest BCUT2D eigenvalue weighted by molar-refractivity contribution is -0.147. The minimum absolute atomic E-state index is 0.0379. The molecule has 198 valence electrons. The van der Waals surface area contributed by atoms with Gasteiger partial charge in [-0.05, 0) is 63.6 Å². The quantitative estimate of drug-likeness (QED) is 0.424. The maximum absolute atomic E-state index is 12.0. The number of rotatable bonds is 7. The highest BCUT2D eigenvalue weighted by atomic mass is 32.2. The Morgan fingerprint density at radius 3 is 2.59 bits per heavy atom. The molecule has 4 N–H and O–H groups in total. The number of benzene rings is 2. The number of primary sulfonamides is 1. The molecular formula is C26H34N6O4S. The van der Waals surface area contributed by atoms with E-state index in [-0.39, 0.29) is 4.90 Å². The van der Waals surface area contributed by atoms with Crippen molar-refractivity contribution in [1.82, 2.24) is 14.9 Å². The van der Waals surface area contributed by atoms with Crippen LogP contribution >= 0.6 is 0 Å². The molecule has 10 nitrogen and oxygen atoms in total. The molecule has 3 aromatic rings. The number of aromatic nitrogens is 2. The Labute approximate surface area is 218 Å². The first kappa shape index (κ1) is 27.0. The molecule has 2 aromatic carbocycles. The van der Waals surface area contributed by atoms with E-state index >= 15 is 0 Å². The smallest absolute Gasteiger partial charge is 0.238 e. The normalized spacial score (nSPS) is 17.0. The number of morpholine rings is 1. The van der Waals surface area contributed by atoms with Crippen LogP contribution in [0.15, 0.2) is 59.6 Å². The number of hydrogen-bond acceptors (Lipinski definition) is 9. The minimum Gasteiger partial charge on any atom is -0.367 e. The molecule has 0 bridgehead atoms. The van der Waals surface area contributed by atoms with E-state index in [0.717, 1.165) is 29.9 Å². The van der Waals surface area contributed by atoms with Crippen LogP contribution in [-0.2, 0) is 21.3 Å². The highest BCUT2D eigenvalue weighted by Gasteiger charge is 2.27. The van der Waals surface area contributed by atoms with E-state index in [1.807, 2.05) is 62.9 Å². The van der Waals surface area contributed by atoms with Crippen molar-refractivity contribution in [3.63, 3.8) is 0 Å². The third kappa shape index (κ3) is 6.82. The summed E-state index contributed by atoms with van der Waals surface area (Å²) in [5.41, 5.74) is 3.02. The summed E-state index contributed by atoms with van der Waals surface area (Å²) in [7, 11) is -3.85. The summed E-state index contributed by atoms with van der Waals surface area (Å²) in [4.78, 5) is 13.4. The van der Waals surface area contributed by atoms with E-state index < -0.39 is 21.9 Å². The number of nitrogens with one attached hydrogen (secondary N) is 1. The van der Waals surface area contributed by atoms with Gasteiger partial charge in [0, 0.05) is 48.3 Å². The number of anilines is 4.